The van der Waals surface area contributed by atoms with Crippen LogP contribution in [0.15, 0.2) is 0 Å². The van der Waals surface area contributed by atoms with Crippen LogP contribution >= 0.6 is 23.6 Å². The predicted octanol–water partition coefficient (Wildman–Crippen LogP) is 1.30. The summed E-state index contributed by atoms with van der Waals surface area (Å²) in [6.07, 6.45) is 0. The Morgan fingerprint density at radius 1 is 1.25 bits per heavy atom. The first-order valence-corrected chi connectivity index (χ1v) is 3.69. The average Bonchev–Trinajstić information content (AvgIpc) is 2.03. The minimum atomic E-state index is 0.141. The molecule has 0 saturated heterocycles. The van der Waals surface area contributed by atoms with E-state index in [1.165, 1.54) is 7.11 Å². The van der Waals surface area contributed by atoms with Gasteiger partial charge in [0.15, 0.2) is 0 Å². The van der Waals surface area contributed by atoms with Gasteiger partial charge in [0.1, 0.15) is 5.82 Å². The third kappa shape index (κ3) is 2.09. The van der Waals surface area contributed by atoms with Gasteiger partial charge in [-0.25, -0.2) is 0 Å². The number of aromatic nitrogens is 3. The van der Waals surface area contributed by atoms with Crippen LogP contribution in [0.5, 0.6) is 6.01 Å². The minimum absolute atomic E-state index is 0.141. The summed E-state index contributed by atoms with van der Waals surface area (Å²) in [4.78, 5) is 11.5. The number of ether oxygens (including phenoxy) is 1. The molecule has 0 unspecified atom stereocenters. The summed E-state index contributed by atoms with van der Waals surface area (Å²) in [7, 11) is 1.45. The lowest BCUT2D eigenvalue weighted by Gasteiger charge is -2.04. The average molecular weight is 209 g/mol. The SMILES string of the molecule is COc1nc(C)nc(N(Cl)Cl)n1. The van der Waals surface area contributed by atoms with Gasteiger partial charge in [-0.3, -0.25) is 0 Å². The van der Waals surface area contributed by atoms with Crippen LogP contribution in [-0.4, -0.2) is 22.1 Å². The van der Waals surface area contributed by atoms with E-state index in [2.05, 4.69) is 15.0 Å². The first kappa shape index (κ1) is 9.28. The molecule has 7 heteroatoms. The molecule has 0 spiro atoms. The lowest BCUT2D eigenvalue weighted by Crippen LogP contribution is -2.04. The standard InChI is InChI=1S/C5H6Cl2N4O/c1-3-8-4(11(6)7)10-5(9-3)12-2/h1-2H3. The van der Waals surface area contributed by atoms with Crippen LogP contribution in [0.2, 0.25) is 0 Å². The Bertz CT molecular complexity index is 280. The van der Waals surface area contributed by atoms with Crippen LogP contribution in [0.1, 0.15) is 5.82 Å². The zero-order valence-corrected chi connectivity index (χ0v) is 7.96. The Kier molecular flexibility index (Phi) is 2.88. The third-order valence-electron chi connectivity index (χ3n) is 1.05. The molecule has 1 heterocycles. The lowest BCUT2D eigenvalue weighted by molar-refractivity contribution is 0.377. The number of nitrogens with zero attached hydrogens (tertiary/aromatic N) is 4. The maximum atomic E-state index is 5.39. The lowest BCUT2D eigenvalue weighted by atomic mass is 10.7. The number of anilines is 1. The molecule has 12 heavy (non-hydrogen) atoms. The smallest absolute Gasteiger partial charge is 0.321 e. The molecule has 1 aromatic rings. The largest absolute Gasteiger partial charge is 0.467 e. The van der Waals surface area contributed by atoms with E-state index in [4.69, 9.17) is 28.3 Å². The van der Waals surface area contributed by atoms with Gasteiger partial charge < -0.3 is 4.74 Å². The van der Waals surface area contributed by atoms with Gasteiger partial charge in [-0.1, -0.05) is 0 Å². The van der Waals surface area contributed by atoms with Crippen LogP contribution < -0.4 is 8.67 Å². The van der Waals surface area contributed by atoms with Crippen molar-refractivity contribution < 1.29 is 4.74 Å². The zero-order chi connectivity index (χ0) is 9.14. The maximum absolute atomic E-state index is 5.39. The zero-order valence-electron chi connectivity index (χ0n) is 6.45. The quantitative estimate of drug-likeness (QED) is 0.687. The summed E-state index contributed by atoms with van der Waals surface area (Å²) < 4.78 is 5.53. The van der Waals surface area contributed by atoms with Gasteiger partial charge >= 0.3 is 6.01 Å². The van der Waals surface area contributed by atoms with E-state index in [9.17, 15) is 0 Å². The van der Waals surface area contributed by atoms with Gasteiger partial charge in [-0.05, 0) is 6.92 Å². The highest BCUT2D eigenvalue weighted by Gasteiger charge is 2.07. The van der Waals surface area contributed by atoms with Gasteiger partial charge in [0, 0.05) is 23.6 Å². The number of hydrogen-bond acceptors (Lipinski definition) is 5. The molecule has 0 radical (unpaired) electrons. The predicted molar refractivity (Wildman–Crippen MR) is 45.3 cm³/mol. The molecule has 0 fully saturated rings. The third-order valence-corrected chi connectivity index (χ3v) is 1.35. The Morgan fingerprint density at radius 3 is 2.42 bits per heavy atom. The van der Waals surface area contributed by atoms with Gasteiger partial charge in [0.05, 0.1) is 7.11 Å². The molecule has 0 saturated carbocycles. The summed E-state index contributed by atoms with van der Waals surface area (Å²) in [6.45, 7) is 1.69. The maximum Gasteiger partial charge on any atom is 0.321 e. The fourth-order valence-corrected chi connectivity index (χ4v) is 0.762. The number of halogens is 2. The van der Waals surface area contributed by atoms with E-state index in [1.54, 1.807) is 6.92 Å². The summed E-state index contributed by atoms with van der Waals surface area (Å²) in [6, 6.07) is 0.184. The topological polar surface area (TPSA) is 51.1 Å². The van der Waals surface area contributed by atoms with Crippen molar-refractivity contribution in [2.75, 3.05) is 11.0 Å². The first-order chi connectivity index (χ1) is 5.63. The number of hydrogen-bond donors (Lipinski definition) is 0. The van der Waals surface area contributed by atoms with Crippen molar-refractivity contribution in [2.24, 2.45) is 0 Å². The molecule has 66 valence electrons. The van der Waals surface area contributed by atoms with Crippen molar-refractivity contribution in [3.63, 3.8) is 0 Å². The minimum Gasteiger partial charge on any atom is -0.467 e. The molecule has 1 rings (SSSR count). The molecular formula is C5H6Cl2N4O. The van der Waals surface area contributed by atoms with Gasteiger partial charge in [-0.15, -0.1) is 0 Å². The number of rotatable bonds is 2. The Hall–Kier alpha value is -0.810. The molecule has 0 amide bonds. The first-order valence-electron chi connectivity index (χ1n) is 3.02. The van der Waals surface area contributed by atoms with E-state index in [0.717, 1.165) is 3.94 Å². The molecule has 5 nitrogen and oxygen atoms in total. The fraction of sp³-hybridized carbons (Fsp3) is 0.400. The normalized spacial score (nSPS) is 9.67. The van der Waals surface area contributed by atoms with Crippen molar-refractivity contribution in [3.8, 4) is 6.01 Å². The van der Waals surface area contributed by atoms with Crippen LogP contribution in [0, 0.1) is 6.92 Å². The summed E-state index contributed by atoms with van der Waals surface area (Å²) in [5.74, 6) is 0.630. The van der Waals surface area contributed by atoms with Crippen LogP contribution in [0.3, 0.4) is 0 Å². The van der Waals surface area contributed by atoms with E-state index >= 15 is 0 Å². The van der Waals surface area contributed by atoms with E-state index in [0.29, 0.717) is 5.82 Å². The summed E-state index contributed by atoms with van der Waals surface area (Å²) in [5, 5.41) is 0. The van der Waals surface area contributed by atoms with Crippen LogP contribution in [0.25, 0.3) is 0 Å². The highest BCUT2D eigenvalue weighted by atomic mass is 35.5. The molecule has 0 atom stereocenters. The van der Waals surface area contributed by atoms with E-state index in [1.807, 2.05) is 0 Å². The fourth-order valence-electron chi connectivity index (χ4n) is 0.611. The van der Waals surface area contributed by atoms with Crippen molar-refractivity contribution in [1.82, 2.24) is 15.0 Å². The molecule has 0 aromatic carbocycles. The van der Waals surface area contributed by atoms with Gasteiger partial charge in [0.2, 0.25) is 0 Å². The van der Waals surface area contributed by atoms with E-state index in [-0.39, 0.29) is 12.0 Å². The van der Waals surface area contributed by atoms with Gasteiger partial charge in [-0.2, -0.15) is 18.9 Å². The second kappa shape index (κ2) is 3.73. The van der Waals surface area contributed by atoms with E-state index < -0.39 is 0 Å². The molecule has 0 N–H and O–H groups in total. The van der Waals surface area contributed by atoms with Crippen molar-refractivity contribution in [2.45, 2.75) is 6.92 Å². The Morgan fingerprint density at radius 2 is 1.92 bits per heavy atom. The van der Waals surface area contributed by atoms with Crippen LogP contribution in [0.4, 0.5) is 5.95 Å². The molecule has 0 aliphatic rings. The Labute approximate surface area is 79.5 Å². The number of aryl methyl sites for hydroxylation is 1. The van der Waals surface area contributed by atoms with Gasteiger partial charge in [0.25, 0.3) is 5.95 Å². The summed E-state index contributed by atoms with van der Waals surface area (Å²) >= 11 is 10.8. The second-order valence-electron chi connectivity index (χ2n) is 1.90. The molecular weight excluding hydrogens is 203 g/mol. The molecule has 0 bridgehead atoms. The van der Waals surface area contributed by atoms with Crippen molar-refractivity contribution >= 4 is 29.5 Å². The number of methoxy groups -OCH3 is 1. The molecule has 1 aromatic heterocycles. The molecule has 0 aliphatic carbocycles. The Balaban J connectivity index is 3.06. The monoisotopic (exact) mass is 208 g/mol. The second-order valence-corrected chi connectivity index (χ2v) is 2.75. The molecule has 0 aliphatic heterocycles. The van der Waals surface area contributed by atoms with Crippen molar-refractivity contribution in [1.29, 1.82) is 0 Å². The van der Waals surface area contributed by atoms with Crippen molar-refractivity contribution in [3.05, 3.63) is 5.82 Å². The highest BCUT2D eigenvalue weighted by molar-refractivity contribution is 6.48. The van der Waals surface area contributed by atoms with Crippen LogP contribution in [-0.2, 0) is 0 Å². The summed E-state index contributed by atoms with van der Waals surface area (Å²) in [5.41, 5.74) is 0. The highest BCUT2D eigenvalue weighted by Crippen LogP contribution is 2.15.